The quantitative estimate of drug-likeness (QED) is 0.414. The van der Waals surface area contributed by atoms with E-state index in [0.29, 0.717) is 11.4 Å². The molecule has 1 rings (SSSR count). The highest BCUT2D eigenvalue weighted by Gasteiger charge is 2.10. The molecule has 0 heterocycles. The molecule has 14 heavy (non-hydrogen) atoms. The van der Waals surface area contributed by atoms with Gasteiger partial charge in [-0.2, -0.15) is 0 Å². The van der Waals surface area contributed by atoms with E-state index in [9.17, 15) is 9.59 Å². The van der Waals surface area contributed by atoms with Gasteiger partial charge in [0.15, 0.2) is 0 Å². The number of carboxylic acid groups (broad SMARTS) is 1. The third-order valence-corrected chi connectivity index (χ3v) is 1.34. The SMILES string of the molecule is Nc1cccc(NC(=O)C(=O)O)c1.O. The molecule has 0 unspecified atom stereocenters. The predicted octanol–water partition coefficient (Wildman–Crippen LogP) is -0.533. The van der Waals surface area contributed by atoms with Crippen LogP contribution in [0.25, 0.3) is 0 Å². The molecule has 0 saturated carbocycles. The molecule has 6 N–H and O–H groups in total. The molecule has 0 aliphatic carbocycles. The minimum Gasteiger partial charge on any atom is -0.474 e. The number of benzene rings is 1. The van der Waals surface area contributed by atoms with Gasteiger partial charge in [-0.25, -0.2) is 4.79 Å². The van der Waals surface area contributed by atoms with Crippen LogP contribution in [-0.2, 0) is 9.59 Å². The fourth-order valence-corrected chi connectivity index (χ4v) is 0.801. The molecular weight excluding hydrogens is 188 g/mol. The van der Waals surface area contributed by atoms with Gasteiger partial charge in [-0.1, -0.05) is 6.07 Å². The van der Waals surface area contributed by atoms with Crippen LogP contribution in [0, 0.1) is 0 Å². The number of aliphatic carboxylic acids is 1. The standard InChI is InChI=1S/C8H8N2O3.H2O/c9-5-2-1-3-6(4-5)10-7(11)8(12)13;/h1-4H,9H2,(H,10,11)(H,12,13);1H2. The molecule has 6 nitrogen and oxygen atoms in total. The van der Waals surface area contributed by atoms with Gasteiger partial charge in [0.05, 0.1) is 0 Å². The molecule has 1 aromatic carbocycles. The lowest BCUT2D eigenvalue weighted by Crippen LogP contribution is -2.21. The third kappa shape index (κ3) is 3.11. The maximum absolute atomic E-state index is 10.7. The number of carbonyl (C=O) groups is 2. The number of hydrogen-bond acceptors (Lipinski definition) is 3. The van der Waals surface area contributed by atoms with Crippen molar-refractivity contribution in [2.24, 2.45) is 0 Å². The van der Waals surface area contributed by atoms with E-state index in [1.165, 1.54) is 6.07 Å². The molecule has 1 amide bonds. The first kappa shape index (κ1) is 11.9. The minimum atomic E-state index is -1.53. The Morgan fingerprint density at radius 1 is 1.36 bits per heavy atom. The summed E-state index contributed by atoms with van der Waals surface area (Å²) in [5, 5.41) is 10.4. The van der Waals surface area contributed by atoms with Gasteiger partial charge in [0.25, 0.3) is 0 Å². The Bertz CT molecular complexity index is 351. The van der Waals surface area contributed by atoms with Gasteiger partial charge in [-0.05, 0) is 18.2 Å². The summed E-state index contributed by atoms with van der Waals surface area (Å²) in [6.07, 6.45) is 0. The number of carbonyl (C=O) groups excluding carboxylic acids is 1. The molecule has 0 aliphatic heterocycles. The van der Waals surface area contributed by atoms with Gasteiger partial charge in [0.2, 0.25) is 0 Å². The molecule has 0 aromatic heterocycles. The van der Waals surface area contributed by atoms with E-state index >= 15 is 0 Å². The fourth-order valence-electron chi connectivity index (χ4n) is 0.801. The molecule has 76 valence electrons. The lowest BCUT2D eigenvalue weighted by Gasteiger charge is -2.01. The molecule has 0 fully saturated rings. The Kier molecular flexibility index (Phi) is 4.11. The maximum atomic E-state index is 10.7. The highest BCUT2D eigenvalue weighted by molar-refractivity contribution is 6.36. The van der Waals surface area contributed by atoms with E-state index in [4.69, 9.17) is 10.8 Å². The van der Waals surface area contributed by atoms with Crippen LogP contribution in [-0.4, -0.2) is 22.5 Å². The number of nitrogen functional groups attached to an aromatic ring is 1. The molecule has 0 atom stereocenters. The van der Waals surface area contributed by atoms with E-state index in [1.807, 2.05) is 0 Å². The molecule has 6 heteroatoms. The van der Waals surface area contributed by atoms with Crippen molar-refractivity contribution >= 4 is 23.3 Å². The summed E-state index contributed by atoms with van der Waals surface area (Å²) >= 11 is 0. The maximum Gasteiger partial charge on any atom is 0.394 e. The van der Waals surface area contributed by atoms with E-state index < -0.39 is 11.9 Å². The zero-order chi connectivity index (χ0) is 9.84. The smallest absolute Gasteiger partial charge is 0.394 e. The van der Waals surface area contributed by atoms with Gasteiger partial charge in [-0.3, -0.25) is 4.79 Å². The zero-order valence-corrected chi connectivity index (χ0v) is 7.15. The fraction of sp³-hybridized carbons (Fsp3) is 0. The van der Waals surface area contributed by atoms with E-state index in [-0.39, 0.29) is 5.48 Å². The third-order valence-electron chi connectivity index (χ3n) is 1.34. The van der Waals surface area contributed by atoms with Gasteiger partial charge in [0, 0.05) is 11.4 Å². The Hall–Kier alpha value is -2.08. The second-order valence-corrected chi connectivity index (χ2v) is 2.38. The van der Waals surface area contributed by atoms with Crippen molar-refractivity contribution in [3.63, 3.8) is 0 Å². The first-order valence-corrected chi connectivity index (χ1v) is 3.49. The molecule has 0 aliphatic rings. The van der Waals surface area contributed by atoms with E-state index in [1.54, 1.807) is 18.2 Å². The predicted molar refractivity (Wildman–Crippen MR) is 50.7 cm³/mol. The highest BCUT2D eigenvalue weighted by atomic mass is 16.4. The number of carboxylic acids is 1. The molecule has 1 aromatic rings. The average molecular weight is 198 g/mol. The first-order chi connectivity index (χ1) is 6.09. The van der Waals surface area contributed by atoms with Crippen LogP contribution in [0.2, 0.25) is 0 Å². The molecule has 0 saturated heterocycles. The van der Waals surface area contributed by atoms with Crippen molar-refractivity contribution in [2.75, 3.05) is 11.1 Å². The van der Waals surface area contributed by atoms with Crippen LogP contribution in [0.3, 0.4) is 0 Å². The number of nitrogens with two attached hydrogens (primary N) is 1. The van der Waals surface area contributed by atoms with Crippen LogP contribution < -0.4 is 11.1 Å². The van der Waals surface area contributed by atoms with Crippen LogP contribution >= 0.6 is 0 Å². The summed E-state index contributed by atoms with van der Waals surface area (Å²) in [6.45, 7) is 0. The van der Waals surface area contributed by atoms with Gasteiger partial charge in [-0.15, -0.1) is 0 Å². The second-order valence-electron chi connectivity index (χ2n) is 2.38. The number of anilines is 2. The second kappa shape index (κ2) is 4.83. The Balaban J connectivity index is 0.00000169. The Labute approximate surface area is 79.6 Å². The van der Waals surface area contributed by atoms with Crippen molar-refractivity contribution < 1.29 is 20.2 Å². The molecule has 0 radical (unpaired) electrons. The number of amides is 1. The lowest BCUT2D eigenvalue weighted by molar-refractivity contribution is -0.147. The van der Waals surface area contributed by atoms with Crippen molar-refractivity contribution in [3.8, 4) is 0 Å². The molecular formula is C8H10N2O4. The highest BCUT2D eigenvalue weighted by Crippen LogP contribution is 2.11. The topological polar surface area (TPSA) is 124 Å². The van der Waals surface area contributed by atoms with Crippen molar-refractivity contribution in [1.82, 2.24) is 0 Å². The van der Waals surface area contributed by atoms with Gasteiger partial charge in [0.1, 0.15) is 0 Å². The average Bonchev–Trinajstić information content (AvgIpc) is 2.04. The summed E-state index contributed by atoms with van der Waals surface area (Å²) in [4.78, 5) is 20.8. The van der Waals surface area contributed by atoms with Crippen LogP contribution in [0.1, 0.15) is 0 Å². The van der Waals surface area contributed by atoms with Crippen LogP contribution in [0.5, 0.6) is 0 Å². The van der Waals surface area contributed by atoms with Crippen LogP contribution in [0.4, 0.5) is 11.4 Å². The normalized spacial score (nSPS) is 8.57. The Morgan fingerprint density at radius 3 is 2.50 bits per heavy atom. The van der Waals surface area contributed by atoms with Crippen LogP contribution in [0.15, 0.2) is 24.3 Å². The van der Waals surface area contributed by atoms with E-state index in [0.717, 1.165) is 0 Å². The number of nitrogens with one attached hydrogen (secondary N) is 1. The monoisotopic (exact) mass is 198 g/mol. The first-order valence-electron chi connectivity index (χ1n) is 3.49. The summed E-state index contributed by atoms with van der Waals surface area (Å²) in [7, 11) is 0. The summed E-state index contributed by atoms with van der Waals surface area (Å²) in [5.41, 5.74) is 6.24. The number of hydrogen-bond donors (Lipinski definition) is 3. The lowest BCUT2D eigenvalue weighted by atomic mass is 10.3. The summed E-state index contributed by atoms with van der Waals surface area (Å²) < 4.78 is 0. The largest absolute Gasteiger partial charge is 0.474 e. The van der Waals surface area contributed by atoms with Crippen molar-refractivity contribution in [2.45, 2.75) is 0 Å². The van der Waals surface area contributed by atoms with Gasteiger partial charge >= 0.3 is 11.9 Å². The molecule has 0 bridgehead atoms. The Morgan fingerprint density at radius 2 is 2.00 bits per heavy atom. The minimum absolute atomic E-state index is 0. The zero-order valence-electron chi connectivity index (χ0n) is 7.15. The molecule has 0 spiro atoms. The number of rotatable bonds is 1. The van der Waals surface area contributed by atoms with E-state index in [2.05, 4.69) is 5.32 Å². The van der Waals surface area contributed by atoms with Crippen molar-refractivity contribution in [3.05, 3.63) is 24.3 Å². The summed E-state index contributed by atoms with van der Waals surface area (Å²) in [5.74, 6) is -2.60. The van der Waals surface area contributed by atoms with Crippen molar-refractivity contribution in [1.29, 1.82) is 0 Å². The summed E-state index contributed by atoms with van der Waals surface area (Å²) in [6, 6.07) is 6.28. The van der Waals surface area contributed by atoms with Gasteiger partial charge < -0.3 is 21.6 Å².